The Labute approximate surface area is 228 Å². The first kappa shape index (κ1) is 27.6. The summed E-state index contributed by atoms with van der Waals surface area (Å²) in [7, 11) is 1.22. The third-order valence-corrected chi connectivity index (χ3v) is 7.12. The van der Waals surface area contributed by atoms with Crippen molar-refractivity contribution in [3.63, 3.8) is 0 Å². The summed E-state index contributed by atoms with van der Waals surface area (Å²) in [5.41, 5.74) is 4.04. The summed E-state index contributed by atoms with van der Waals surface area (Å²) in [4.78, 5) is 25.2. The van der Waals surface area contributed by atoms with E-state index in [1.54, 1.807) is 75.4 Å². The lowest BCUT2D eigenvalue weighted by atomic mass is 10.0. The minimum absolute atomic E-state index is 0.138. The van der Waals surface area contributed by atoms with Crippen molar-refractivity contribution in [2.45, 2.75) is 26.8 Å². The lowest BCUT2D eigenvalue weighted by molar-refractivity contribution is -0.142. The number of hydrogen-bond donors (Lipinski definition) is 1. The number of ether oxygens (including phenoxy) is 1. The van der Waals surface area contributed by atoms with Gasteiger partial charge in [0, 0.05) is 33.6 Å². The number of aryl methyl sites for hydroxylation is 1. The Balaban J connectivity index is 1.53. The zero-order valence-electron chi connectivity index (χ0n) is 21.8. The van der Waals surface area contributed by atoms with E-state index in [1.807, 2.05) is 12.1 Å². The molecule has 9 nitrogen and oxygen atoms in total. The van der Waals surface area contributed by atoms with E-state index in [4.69, 9.17) is 9.15 Å². The fourth-order valence-corrected chi connectivity index (χ4v) is 5.26. The SMILES string of the molecule is COC(=O)C(C(C)C)N(c1ccc(-c2ccc(NC(=O)c3oc4cccc(C#N)c4c3C)cc2)cc1)S(=O)[O-]. The van der Waals surface area contributed by atoms with Crippen LogP contribution in [0.4, 0.5) is 11.4 Å². The molecule has 2 atom stereocenters. The predicted octanol–water partition coefficient (Wildman–Crippen LogP) is 5.33. The maximum absolute atomic E-state index is 12.9. The molecule has 4 aromatic rings. The predicted molar refractivity (Wildman–Crippen MR) is 148 cm³/mol. The Morgan fingerprint density at radius 2 is 1.67 bits per heavy atom. The average Bonchev–Trinajstić information content (AvgIpc) is 3.28. The fraction of sp³-hybridized carbons (Fsp3) is 0.207. The van der Waals surface area contributed by atoms with Gasteiger partial charge >= 0.3 is 5.97 Å². The number of anilines is 2. The second-order valence-electron chi connectivity index (χ2n) is 9.18. The van der Waals surface area contributed by atoms with E-state index in [0.717, 1.165) is 15.4 Å². The number of rotatable bonds is 8. The van der Waals surface area contributed by atoms with Gasteiger partial charge in [-0.3, -0.25) is 13.3 Å². The Hall–Kier alpha value is -4.46. The van der Waals surface area contributed by atoms with Gasteiger partial charge in [0.05, 0.1) is 18.7 Å². The van der Waals surface area contributed by atoms with Gasteiger partial charge in [0.15, 0.2) is 5.76 Å². The Morgan fingerprint density at radius 3 is 2.21 bits per heavy atom. The van der Waals surface area contributed by atoms with Crippen LogP contribution in [0, 0.1) is 24.2 Å². The van der Waals surface area contributed by atoms with Crippen molar-refractivity contribution in [3.8, 4) is 17.2 Å². The molecule has 0 radical (unpaired) electrons. The van der Waals surface area contributed by atoms with E-state index in [2.05, 4.69) is 11.4 Å². The van der Waals surface area contributed by atoms with Gasteiger partial charge in [-0.25, -0.2) is 4.79 Å². The van der Waals surface area contributed by atoms with Crippen LogP contribution < -0.4 is 9.62 Å². The normalized spacial score (nSPS) is 12.5. The van der Waals surface area contributed by atoms with Crippen LogP contribution in [0.2, 0.25) is 0 Å². The van der Waals surface area contributed by atoms with Gasteiger partial charge in [0.25, 0.3) is 5.91 Å². The Morgan fingerprint density at radius 1 is 1.05 bits per heavy atom. The first-order valence-corrected chi connectivity index (χ1v) is 13.1. The largest absolute Gasteiger partial charge is 0.755 e. The number of nitrogens with zero attached hydrogens (tertiary/aromatic N) is 2. The van der Waals surface area contributed by atoms with E-state index in [9.17, 15) is 23.6 Å². The van der Waals surface area contributed by atoms with Crippen molar-refractivity contribution in [1.29, 1.82) is 5.26 Å². The molecule has 0 fully saturated rings. The molecule has 2 unspecified atom stereocenters. The summed E-state index contributed by atoms with van der Waals surface area (Å²) in [6.07, 6.45) is 0. The highest BCUT2D eigenvalue weighted by Gasteiger charge is 2.31. The molecule has 0 aliphatic carbocycles. The highest BCUT2D eigenvalue weighted by molar-refractivity contribution is 7.80. The summed E-state index contributed by atoms with van der Waals surface area (Å²) in [5, 5.41) is 12.8. The van der Waals surface area contributed by atoms with Crippen LogP contribution in [-0.2, 0) is 20.8 Å². The van der Waals surface area contributed by atoms with E-state index in [1.165, 1.54) is 7.11 Å². The fourth-order valence-electron chi connectivity index (χ4n) is 4.45. The number of methoxy groups -OCH3 is 1. The summed E-state index contributed by atoms with van der Waals surface area (Å²) in [6, 6.07) is 20.1. The van der Waals surface area contributed by atoms with Crippen LogP contribution in [0.25, 0.3) is 22.1 Å². The maximum atomic E-state index is 12.9. The molecule has 4 rings (SSSR count). The molecule has 1 amide bonds. The van der Waals surface area contributed by atoms with Crippen molar-refractivity contribution in [2.24, 2.45) is 5.92 Å². The molecule has 0 saturated heterocycles. The van der Waals surface area contributed by atoms with Crippen LogP contribution in [-0.4, -0.2) is 33.8 Å². The number of hydrogen-bond acceptors (Lipinski definition) is 7. The van der Waals surface area contributed by atoms with Crippen molar-refractivity contribution in [2.75, 3.05) is 16.7 Å². The van der Waals surface area contributed by atoms with Gasteiger partial charge in [0.2, 0.25) is 0 Å². The van der Waals surface area contributed by atoms with Crippen LogP contribution in [0.5, 0.6) is 0 Å². The first-order valence-electron chi connectivity index (χ1n) is 12.1. The smallest absolute Gasteiger partial charge is 0.329 e. The number of carbonyl (C=O) groups excluding carboxylic acids is 2. The van der Waals surface area contributed by atoms with E-state index >= 15 is 0 Å². The zero-order valence-corrected chi connectivity index (χ0v) is 22.6. The van der Waals surface area contributed by atoms with Gasteiger partial charge in [0.1, 0.15) is 11.6 Å². The number of amides is 1. The molecule has 1 N–H and O–H groups in total. The minimum Gasteiger partial charge on any atom is -0.755 e. The topological polar surface area (TPSA) is 136 Å². The van der Waals surface area contributed by atoms with Crippen molar-refractivity contribution >= 4 is 45.5 Å². The van der Waals surface area contributed by atoms with E-state index < -0.39 is 29.2 Å². The number of esters is 1. The van der Waals surface area contributed by atoms with E-state index in [0.29, 0.717) is 33.5 Å². The maximum Gasteiger partial charge on any atom is 0.329 e. The second kappa shape index (κ2) is 11.5. The van der Waals surface area contributed by atoms with Gasteiger partial charge in [-0.15, -0.1) is 0 Å². The number of fused-ring (bicyclic) bond motifs is 1. The van der Waals surface area contributed by atoms with Crippen LogP contribution in [0.1, 0.15) is 35.5 Å². The van der Waals surface area contributed by atoms with Gasteiger partial charge in [-0.05, 0) is 60.4 Å². The number of carbonyl (C=O) groups is 2. The van der Waals surface area contributed by atoms with Crippen LogP contribution in [0.15, 0.2) is 71.1 Å². The summed E-state index contributed by atoms with van der Waals surface area (Å²) < 4.78 is 35.6. The summed E-state index contributed by atoms with van der Waals surface area (Å²) in [5.74, 6) is -1.24. The molecule has 0 aliphatic rings. The monoisotopic (exact) mass is 544 g/mol. The third kappa shape index (κ3) is 5.55. The first-order chi connectivity index (χ1) is 18.7. The van der Waals surface area contributed by atoms with Gasteiger partial charge in [-0.2, -0.15) is 5.26 Å². The average molecular weight is 545 g/mol. The van der Waals surface area contributed by atoms with Gasteiger partial charge in [-0.1, -0.05) is 44.2 Å². The molecule has 1 aromatic heterocycles. The second-order valence-corrected chi connectivity index (χ2v) is 10.0. The van der Waals surface area contributed by atoms with Crippen molar-refractivity contribution in [3.05, 3.63) is 83.6 Å². The lowest BCUT2D eigenvalue weighted by Gasteiger charge is -2.35. The highest BCUT2D eigenvalue weighted by atomic mass is 32.2. The summed E-state index contributed by atoms with van der Waals surface area (Å²) >= 11 is -2.69. The number of furan rings is 1. The molecule has 0 aliphatic heterocycles. The summed E-state index contributed by atoms with van der Waals surface area (Å²) in [6.45, 7) is 5.23. The van der Waals surface area contributed by atoms with E-state index in [-0.39, 0.29) is 11.7 Å². The Kier molecular flexibility index (Phi) is 8.14. The molecule has 39 heavy (non-hydrogen) atoms. The van der Waals surface area contributed by atoms with Crippen LogP contribution in [0.3, 0.4) is 0 Å². The number of benzene rings is 3. The highest BCUT2D eigenvalue weighted by Crippen LogP contribution is 2.30. The molecule has 0 bridgehead atoms. The number of nitriles is 1. The standard InChI is InChI=1S/C29H27N3O6S/c1-17(2)26(29(34)37-4)32(39(35)36)23-14-10-20(11-15-23)19-8-12-22(13-9-19)31-28(33)27-18(3)25-21(16-30)6-5-7-24(25)38-27/h5-15,17,26H,1-4H3,(H,31,33)(H,35,36)/p-1. The molecule has 3 aromatic carbocycles. The van der Waals surface area contributed by atoms with Gasteiger partial charge < -0.3 is 19.0 Å². The molecular formula is C29H26N3O6S-. The minimum atomic E-state index is -2.69. The third-order valence-electron chi connectivity index (χ3n) is 6.37. The quantitative estimate of drug-likeness (QED) is 0.234. The molecule has 1 heterocycles. The molecule has 200 valence electrons. The Bertz CT molecular complexity index is 1590. The van der Waals surface area contributed by atoms with Crippen LogP contribution >= 0.6 is 0 Å². The van der Waals surface area contributed by atoms with Crippen molar-refractivity contribution in [1.82, 2.24) is 0 Å². The lowest BCUT2D eigenvalue weighted by Crippen LogP contribution is -2.46. The molecular weight excluding hydrogens is 518 g/mol. The zero-order chi connectivity index (χ0) is 28.3. The molecule has 10 heteroatoms. The van der Waals surface area contributed by atoms with Crippen molar-refractivity contribution < 1.29 is 27.5 Å². The molecule has 0 saturated carbocycles. The molecule has 0 spiro atoms. The number of nitrogens with one attached hydrogen (secondary N) is 1.